The molecule has 1 aliphatic carbocycles. The summed E-state index contributed by atoms with van der Waals surface area (Å²) in [7, 11) is 3.45. The molecule has 0 aliphatic heterocycles. The van der Waals surface area contributed by atoms with E-state index in [0.717, 1.165) is 25.7 Å². The Balaban J connectivity index is 1.48. The van der Waals surface area contributed by atoms with Crippen LogP contribution in [0, 0.1) is 0 Å². The number of likely N-dealkylation sites (N-methyl/N-ethyl adjacent to an activating group) is 1. The predicted octanol–water partition coefficient (Wildman–Crippen LogP) is 3.32. The summed E-state index contributed by atoms with van der Waals surface area (Å²) in [6, 6.07) is 14.8. The largest absolute Gasteiger partial charge is 0.493 e. The van der Waals surface area contributed by atoms with Gasteiger partial charge in [0.25, 0.3) is 5.91 Å². The summed E-state index contributed by atoms with van der Waals surface area (Å²) in [5.74, 6) is 1.03. The van der Waals surface area contributed by atoms with E-state index in [1.54, 1.807) is 25.3 Å². The second-order valence-corrected chi connectivity index (χ2v) is 7.79. The molecule has 0 radical (unpaired) electrons. The Labute approximate surface area is 183 Å². The van der Waals surface area contributed by atoms with Gasteiger partial charge < -0.3 is 20.1 Å². The number of hydrogen-bond acceptors (Lipinski definition) is 5. The molecule has 31 heavy (non-hydrogen) atoms. The van der Waals surface area contributed by atoms with Gasteiger partial charge in [-0.15, -0.1) is 0 Å². The molecule has 0 bridgehead atoms. The number of nitrogens with zero attached hydrogens (tertiary/aromatic N) is 1. The fourth-order valence-electron chi connectivity index (χ4n) is 3.69. The third kappa shape index (κ3) is 6.72. The molecule has 3 rings (SSSR count). The maximum atomic E-state index is 12.7. The number of ether oxygens (including phenoxy) is 2. The van der Waals surface area contributed by atoms with Crippen molar-refractivity contribution in [2.45, 2.75) is 31.7 Å². The molecule has 2 amide bonds. The fraction of sp³-hybridized carbons (Fsp3) is 0.417. The lowest BCUT2D eigenvalue weighted by molar-refractivity contribution is -0.117. The second kappa shape index (κ2) is 11.4. The summed E-state index contributed by atoms with van der Waals surface area (Å²) in [4.78, 5) is 27.1. The molecule has 2 N–H and O–H groups in total. The van der Waals surface area contributed by atoms with Gasteiger partial charge in [0.1, 0.15) is 6.61 Å². The second-order valence-electron chi connectivity index (χ2n) is 7.79. The van der Waals surface area contributed by atoms with Gasteiger partial charge in [-0.1, -0.05) is 37.1 Å². The molecule has 0 aromatic heterocycles. The minimum Gasteiger partial charge on any atom is -0.493 e. The zero-order valence-corrected chi connectivity index (χ0v) is 18.2. The first kappa shape index (κ1) is 22.6. The Bertz CT molecular complexity index is 881. The number of nitrogens with one attached hydrogen (secondary N) is 2. The van der Waals surface area contributed by atoms with E-state index in [2.05, 4.69) is 10.6 Å². The zero-order chi connectivity index (χ0) is 22.1. The van der Waals surface area contributed by atoms with Gasteiger partial charge >= 0.3 is 0 Å². The fourth-order valence-corrected chi connectivity index (χ4v) is 3.69. The Morgan fingerprint density at radius 1 is 1.03 bits per heavy atom. The normalized spacial score (nSPS) is 13.8. The molecule has 0 unspecified atom stereocenters. The standard InChI is InChI=1S/C24H31N3O4/c1-27(15-16-31-22-14-8-7-13-21(22)30-2)17-23(28)26-20-12-6-5-11-19(20)24(29)25-18-9-3-4-10-18/h5-8,11-14,18H,3-4,9-10,15-17H2,1-2H3,(H,25,29)(H,26,28). The van der Waals surface area contributed by atoms with Crippen LogP contribution < -0.4 is 20.1 Å². The Morgan fingerprint density at radius 3 is 2.45 bits per heavy atom. The lowest BCUT2D eigenvalue weighted by atomic mass is 10.1. The first-order chi connectivity index (χ1) is 15.1. The van der Waals surface area contributed by atoms with Crippen LogP contribution in [0.5, 0.6) is 11.5 Å². The summed E-state index contributed by atoms with van der Waals surface area (Å²) >= 11 is 0. The van der Waals surface area contributed by atoms with Crippen LogP contribution in [0.25, 0.3) is 0 Å². The molecule has 7 heteroatoms. The highest BCUT2D eigenvalue weighted by atomic mass is 16.5. The van der Waals surface area contributed by atoms with Crippen LogP contribution in [0.4, 0.5) is 5.69 Å². The molecule has 1 saturated carbocycles. The van der Waals surface area contributed by atoms with Gasteiger partial charge in [0.05, 0.1) is 24.9 Å². The number of rotatable bonds is 10. The highest BCUT2D eigenvalue weighted by Crippen LogP contribution is 2.25. The van der Waals surface area contributed by atoms with Crippen LogP contribution >= 0.6 is 0 Å². The summed E-state index contributed by atoms with van der Waals surface area (Å²) in [5.41, 5.74) is 1.02. The van der Waals surface area contributed by atoms with Crippen molar-refractivity contribution in [1.82, 2.24) is 10.2 Å². The van der Waals surface area contributed by atoms with Crippen LogP contribution in [-0.4, -0.2) is 56.6 Å². The van der Waals surface area contributed by atoms with Crippen LogP contribution in [0.1, 0.15) is 36.0 Å². The number of carbonyl (C=O) groups excluding carboxylic acids is 2. The molecular weight excluding hydrogens is 394 g/mol. The summed E-state index contributed by atoms with van der Waals surface area (Å²) in [6.45, 7) is 1.17. The van der Waals surface area contributed by atoms with Crippen molar-refractivity contribution in [3.05, 3.63) is 54.1 Å². The summed E-state index contributed by atoms with van der Waals surface area (Å²) in [5, 5.41) is 5.95. The van der Waals surface area contributed by atoms with E-state index in [0.29, 0.717) is 35.9 Å². The van der Waals surface area contributed by atoms with Crippen LogP contribution in [0.15, 0.2) is 48.5 Å². The Morgan fingerprint density at radius 2 is 1.71 bits per heavy atom. The number of methoxy groups -OCH3 is 1. The zero-order valence-electron chi connectivity index (χ0n) is 18.2. The molecule has 2 aromatic carbocycles. The van der Waals surface area contributed by atoms with Crippen molar-refractivity contribution in [3.63, 3.8) is 0 Å². The van der Waals surface area contributed by atoms with E-state index in [1.807, 2.05) is 42.3 Å². The summed E-state index contributed by atoms with van der Waals surface area (Å²) < 4.78 is 11.0. The van der Waals surface area contributed by atoms with E-state index in [1.165, 1.54) is 0 Å². The number of para-hydroxylation sites is 3. The molecule has 7 nitrogen and oxygen atoms in total. The molecule has 1 fully saturated rings. The maximum Gasteiger partial charge on any atom is 0.253 e. The van der Waals surface area contributed by atoms with E-state index in [-0.39, 0.29) is 24.4 Å². The van der Waals surface area contributed by atoms with E-state index in [9.17, 15) is 9.59 Å². The monoisotopic (exact) mass is 425 g/mol. The van der Waals surface area contributed by atoms with E-state index in [4.69, 9.17) is 9.47 Å². The smallest absolute Gasteiger partial charge is 0.253 e. The predicted molar refractivity (Wildman–Crippen MR) is 121 cm³/mol. The summed E-state index contributed by atoms with van der Waals surface area (Å²) in [6.07, 6.45) is 4.33. The van der Waals surface area contributed by atoms with E-state index < -0.39 is 0 Å². The van der Waals surface area contributed by atoms with Crippen LogP contribution in [0.3, 0.4) is 0 Å². The van der Waals surface area contributed by atoms with Crippen molar-refractivity contribution < 1.29 is 19.1 Å². The highest BCUT2D eigenvalue weighted by Gasteiger charge is 2.20. The lowest BCUT2D eigenvalue weighted by Gasteiger charge is -2.18. The minimum atomic E-state index is -0.180. The average Bonchev–Trinajstić information content (AvgIpc) is 3.27. The van der Waals surface area contributed by atoms with Gasteiger partial charge in [-0.2, -0.15) is 0 Å². The molecule has 0 heterocycles. The molecule has 2 aromatic rings. The first-order valence-corrected chi connectivity index (χ1v) is 10.7. The van der Waals surface area contributed by atoms with Crippen molar-refractivity contribution in [1.29, 1.82) is 0 Å². The Kier molecular flexibility index (Phi) is 8.29. The molecule has 0 saturated heterocycles. The average molecular weight is 426 g/mol. The molecule has 0 atom stereocenters. The van der Waals surface area contributed by atoms with Crippen molar-refractivity contribution in [2.24, 2.45) is 0 Å². The van der Waals surface area contributed by atoms with E-state index >= 15 is 0 Å². The maximum absolute atomic E-state index is 12.7. The Hall–Kier alpha value is -3.06. The SMILES string of the molecule is COc1ccccc1OCCN(C)CC(=O)Nc1ccccc1C(=O)NC1CCCC1. The van der Waals surface area contributed by atoms with Crippen molar-refractivity contribution in [3.8, 4) is 11.5 Å². The first-order valence-electron chi connectivity index (χ1n) is 10.7. The highest BCUT2D eigenvalue weighted by molar-refractivity contribution is 6.04. The van der Waals surface area contributed by atoms with Crippen LogP contribution in [-0.2, 0) is 4.79 Å². The van der Waals surface area contributed by atoms with Gasteiger partial charge in [0.15, 0.2) is 11.5 Å². The third-order valence-electron chi connectivity index (χ3n) is 5.35. The van der Waals surface area contributed by atoms with Gasteiger partial charge in [0, 0.05) is 12.6 Å². The molecular formula is C24H31N3O4. The number of benzene rings is 2. The van der Waals surface area contributed by atoms with Gasteiger partial charge in [-0.05, 0) is 44.2 Å². The molecule has 1 aliphatic rings. The van der Waals surface area contributed by atoms with Crippen LogP contribution in [0.2, 0.25) is 0 Å². The number of amides is 2. The number of hydrogen-bond donors (Lipinski definition) is 2. The number of anilines is 1. The molecule has 0 spiro atoms. The quantitative estimate of drug-likeness (QED) is 0.611. The minimum absolute atomic E-state index is 0.138. The molecule has 166 valence electrons. The van der Waals surface area contributed by atoms with Crippen molar-refractivity contribution in [2.75, 3.05) is 39.2 Å². The third-order valence-corrected chi connectivity index (χ3v) is 5.35. The van der Waals surface area contributed by atoms with Crippen molar-refractivity contribution >= 4 is 17.5 Å². The number of carbonyl (C=O) groups is 2. The van der Waals surface area contributed by atoms with Gasteiger partial charge in [0.2, 0.25) is 5.91 Å². The lowest BCUT2D eigenvalue weighted by Crippen LogP contribution is -2.35. The van der Waals surface area contributed by atoms with Gasteiger partial charge in [-0.3, -0.25) is 14.5 Å². The van der Waals surface area contributed by atoms with Gasteiger partial charge in [-0.25, -0.2) is 0 Å². The topological polar surface area (TPSA) is 79.9 Å².